The number of hydrogen-bond acceptors (Lipinski definition) is 4. The average Bonchev–Trinajstić information content (AvgIpc) is 2.48. The lowest BCUT2D eigenvalue weighted by Gasteiger charge is -2.12. The number of hydrogen-bond donors (Lipinski definition) is 2. The van der Waals surface area contributed by atoms with Crippen molar-refractivity contribution in [1.82, 2.24) is 0 Å². The molecule has 2 rings (SSSR count). The predicted octanol–water partition coefficient (Wildman–Crippen LogP) is 3.65. The van der Waals surface area contributed by atoms with Crippen LogP contribution in [0, 0.1) is 5.92 Å². The molecule has 9 heteroatoms. The third kappa shape index (κ3) is 6.02. The molecule has 2 N–H and O–H groups in total. The van der Waals surface area contributed by atoms with Crippen LogP contribution in [0.2, 0.25) is 0 Å². The van der Waals surface area contributed by atoms with Gasteiger partial charge in [-0.05, 0) is 48.4 Å². The minimum absolute atomic E-state index is 0.0276. The summed E-state index contributed by atoms with van der Waals surface area (Å²) in [5.74, 6) is -0.0790. The highest BCUT2D eigenvalue weighted by atomic mass is 79.9. The number of sulfonamides is 2. The van der Waals surface area contributed by atoms with E-state index in [9.17, 15) is 16.8 Å². The molecule has 2 aromatic carbocycles. The van der Waals surface area contributed by atoms with Gasteiger partial charge in [0.25, 0.3) is 10.0 Å². The molecule has 0 saturated heterocycles. The zero-order chi connectivity index (χ0) is 18.7. The third-order valence-corrected chi connectivity index (χ3v) is 6.63. The number of rotatable bonds is 7. The van der Waals surface area contributed by atoms with E-state index >= 15 is 0 Å². The Labute approximate surface area is 156 Å². The summed E-state index contributed by atoms with van der Waals surface area (Å²) in [7, 11) is -7.36. The van der Waals surface area contributed by atoms with Gasteiger partial charge < -0.3 is 0 Å². The van der Waals surface area contributed by atoms with Crippen molar-refractivity contribution in [1.29, 1.82) is 0 Å². The van der Waals surface area contributed by atoms with Crippen LogP contribution in [0.25, 0.3) is 0 Å². The Kier molecular flexibility index (Phi) is 6.12. The van der Waals surface area contributed by atoms with E-state index in [2.05, 4.69) is 25.4 Å². The van der Waals surface area contributed by atoms with E-state index in [-0.39, 0.29) is 22.3 Å². The predicted molar refractivity (Wildman–Crippen MR) is 104 cm³/mol. The summed E-state index contributed by atoms with van der Waals surface area (Å²) in [5.41, 5.74) is 0.619. The summed E-state index contributed by atoms with van der Waals surface area (Å²) in [4.78, 5) is -0.0276. The Hall–Kier alpha value is -1.58. The van der Waals surface area contributed by atoms with Crippen LogP contribution in [0.5, 0.6) is 0 Å². The maximum absolute atomic E-state index is 12.5. The van der Waals surface area contributed by atoms with Crippen molar-refractivity contribution >= 4 is 47.4 Å². The molecule has 0 fully saturated rings. The molecule has 0 radical (unpaired) electrons. The molecule has 2 aromatic rings. The number of nitrogens with one attached hydrogen (secondary N) is 2. The Balaban J connectivity index is 2.23. The minimum Gasteiger partial charge on any atom is -0.284 e. The summed E-state index contributed by atoms with van der Waals surface area (Å²) in [6.45, 7) is 3.59. The lowest BCUT2D eigenvalue weighted by atomic mass is 10.3. The molecule has 0 aromatic heterocycles. The minimum atomic E-state index is -3.83. The smallest absolute Gasteiger partial charge is 0.261 e. The largest absolute Gasteiger partial charge is 0.284 e. The van der Waals surface area contributed by atoms with Gasteiger partial charge in [0.2, 0.25) is 10.0 Å². The fourth-order valence-electron chi connectivity index (χ4n) is 2.12. The number of halogens is 1. The van der Waals surface area contributed by atoms with Crippen LogP contribution < -0.4 is 9.44 Å². The summed E-state index contributed by atoms with van der Waals surface area (Å²) in [5, 5.41) is 0. The quantitative estimate of drug-likeness (QED) is 0.678. The van der Waals surface area contributed by atoms with E-state index in [1.807, 2.05) is 0 Å². The zero-order valence-electron chi connectivity index (χ0n) is 13.7. The first kappa shape index (κ1) is 19.7. The second kappa shape index (κ2) is 7.76. The fourth-order valence-corrected chi connectivity index (χ4v) is 4.93. The van der Waals surface area contributed by atoms with Crippen molar-refractivity contribution < 1.29 is 16.8 Å². The SMILES string of the molecule is CC(C)CS(=O)(=O)Nc1cccc(S(=O)(=O)Nc2ccc(Br)cc2)c1. The van der Waals surface area contributed by atoms with Crippen LogP contribution in [-0.2, 0) is 20.0 Å². The van der Waals surface area contributed by atoms with Crippen LogP contribution in [0.1, 0.15) is 13.8 Å². The van der Waals surface area contributed by atoms with Gasteiger partial charge in [0.15, 0.2) is 0 Å². The Morgan fingerprint density at radius 2 is 1.56 bits per heavy atom. The van der Waals surface area contributed by atoms with Crippen molar-refractivity contribution in [3.05, 3.63) is 53.0 Å². The van der Waals surface area contributed by atoms with Gasteiger partial charge in [-0.2, -0.15) is 0 Å². The first-order valence-electron chi connectivity index (χ1n) is 7.46. The summed E-state index contributed by atoms with van der Waals surface area (Å²) in [6, 6.07) is 12.4. The summed E-state index contributed by atoms with van der Waals surface area (Å²) in [6.07, 6.45) is 0. The molecule has 136 valence electrons. The van der Waals surface area contributed by atoms with E-state index in [1.165, 1.54) is 24.3 Å². The van der Waals surface area contributed by atoms with E-state index < -0.39 is 20.0 Å². The van der Waals surface area contributed by atoms with Crippen molar-refractivity contribution in [3.8, 4) is 0 Å². The van der Waals surface area contributed by atoms with Crippen LogP contribution >= 0.6 is 15.9 Å². The standard InChI is InChI=1S/C16H19BrN2O4S2/c1-12(2)11-24(20,21)18-15-4-3-5-16(10-15)25(22,23)19-14-8-6-13(17)7-9-14/h3-10,12,18-19H,11H2,1-2H3. The third-order valence-electron chi connectivity index (χ3n) is 3.07. The highest BCUT2D eigenvalue weighted by molar-refractivity contribution is 9.10. The lowest BCUT2D eigenvalue weighted by Crippen LogP contribution is -2.20. The summed E-state index contributed by atoms with van der Waals surface area (Å²) < 4.78 is 54.7. The Morgan fingerprint density at radius 1 is 0.920 bits per heavy atom. The van der Waals surface area contributed by atoms with E-state index in [0.717, 1.165) is 4.47 Å². The molecular formula is C16H19BrN2O4S2. The number of benzene rings is 2. The zero-order valence-corrected chi connectivity index (χ0v) is 16.9. The van der Waals surface area contributed by atoms with Gasteiger partial charge in [-0.15, -0.1) is 0 Å². The van der Waals surface area contributed by atoms with Crippen LogP contribution in [0.15, 0.2) is 57.9 Å². The van der Waals surface area contributed by atoms with Crippen LogP contribution in [0.3, 0.4) is 0 Å². The lowest BCUT2D eigenvalue weighted by molar-refractivity contribution is 0.587. The maximum atomic E-state index is 12.5. The molecule has 6 nitrogen and oxygen atoms in total. The van der Waals surface area contributed by atoms with Crippen LogP contribution in [-0.4, -0.2) is 22.6 Å². The second-order valence-electron chi connectivity index (χ2n) is 5.92. The molecule has 0 bridgehead atoms. The van der Waals surface area contributed by atoms with Crippen molar-refractivity contribution in [2.24, 2.45) is 5.92 Å². The molecule has 0 unspecified atom stereocenters. The second-order valence-corrected chi connectivity index (χ2v) is 10.3. The van der Waals surface area contributed by atoms with E-state index in [4.69, 9.17) is 0 Å². The van der Waals surface area contributed by atoms with Crippen LogP contribution in [0.4, 0.5) is 11.4 Å². The van der Waals surface area contributed by atoms with Crippen molar-refractivity contribution in [2.45, 2.75) is 18.7 Å². The van der Waals surface area contributed by atoms with E-state index in [1.54, 1.807) is 38.1 Å². The molecule has 0 spiro atoms. The highest BCUT2D eigenvalue weighted by Crippen LogP contribution is 2.21. The number of anilines is 2. The topological polar surface area (TPSA) is 92.3 Å². The summed E-state index contributed by atoms with van der Waals surface area (Å²) >= 11 is 3.28. The van der Waals surface area contributed by atoms with Gasteiger partial charge in [-0.3, -0.25) is 9.44 Å². The van der Waals surface area contributed by atoms with Crippen molar-refractivity contribution in [3.63, 3.8) is 0 Å². The van der Waals surface area contributed by atoms with Gasteiger partial charge in [0, 0.05) is 15.8 Å². The van der Waals surface area contributed by atoms with Gasteiger partial charge in [-0.1, -0.05) is 35.8 Å². The maximum Gasteiger partial charge on any atom is 0.261 e. The molecule has 0 amide bonds. The molecule has 0 saturated carbocycles. The molecule has 0 aliphatic heterocycles. The molecule has 0 atom stereocenters. The Bertz CT molecular complexity index is 940. The monoisotopic (exact) mass is 446 g/mol. The Morgan fingerprint density at radius 3 is 2.16 bits per heavy atom. The van der Waals surface area contributed by atoms with Gasteiger partial charge >= 0.3 is 0 Å². The van der Waals surface area contributed by atoms with Gasteiger partial charge in [0.1, 0.15) is 0 Å². The normalized spacial score (nSPS) is 12.2. The average molecular weight is 447 g/mol. The fraction of sp³-hybridized carbons (Fsp3) is 0.250. The first-order chi connectivity index (χ1) is 11.6. The molecule has 0 aliphatic rings. The van der Waals surface area contributed by atoms with Gasteiger partial charge in [-0.25, -0.2) is 16.8 Å². The molecule has 0 heterocycles. The molecule has 25 heavy (non-hydrogen) atoms. The van der Waals surface area contributed by atoms with Gasteiger partial charge in [0.05, 0.1) is 10.6 Å². The molecular weight excluding hydrogens is 428 g/mol. The first-order valence-corrected chi connectivity index (χ1v) is 11.4. The van der Waals surface area contributed by atoms with E-state index in [0.29, 0.717) is 5.69 Å². The highest BCUT2D eigenvalue weighted by Gasteiger charge is 2.17. The van der Waals surface area contributed by atoms with Crippen molar-refractivity contribution in [2.75, 3.05) is 15.2 Å². The molecule has 0 aliphatic carbocycles.